The molecule has 5 heteroatoms. The summed E-state index contributed by atoms with van der Waals surface area (Å²) in [7, 11) is 0. The van der Waals surface area contributed by atoms with E-state index in [0.717, 1.165) is 12.1 Å². The maximum atomic E-state index is 11.6. The van der Waals surface area contributed by atoms with Crippen molar-refractivity contribution in [3.05, 3.63) is 48.2 Å². The first-order valence-corrected chi connectivity index (χ1v) is 6.23. The van der Waals surface area contributed by atoms with Gasteiger partial charge >= 0.3 is 0 Å². The summed E-state index contributed by atoms with van der Waals surface area (Å²) in [5.74, 6) is 0.416. The minimum absolute atomic E-state index is 0.194. The third kappa shape index (κ3) is 3.77. The van der Waals surface area contributed by atoms with Crippen LogP contribution in [0.15, 0.2) is 42.5 Å². The number of nitrogens with one attached hydrogen (secondary N) is 2. The van der Waals surface area contributed by atoms with E-state index < -0.39 is 0 Å². The van der Waals surface area contributed by atoms with Crippen molar-refractivity contribution in [1.82, 2.24) is 15.5 Å². The Labute approximate surface area is 112 Å². The molecule has 0 spiro atoms. The number of nitrogens with zero attached hydrogens (tertiary/aromatic N) is 2. The molecule has 0 aliphatic rings. The maximum Gasteiger partial charge on any atom is 0.271 e. The highest BCUT2D eigenvalue weighted by Gasteiger charge is 2.06. The minimum atomic E-state index is -0.194. The van der Waals surface area contributed by atoms with Crippen molar-refractivity contribution < 1.29 is 4.79 Å². The Balaban J connectivity index is 2.00. The standard InChI is InChI=1S/C14H16N4O/c1-2-10-15-14(19)12-8-9-13(18-17-12)16-11-6-4-3-5-7-11/h3-9H,2,10H2,1H3,(H,15,19)(H,16,18). The molecule has 98 valence electrons. The number of para-hydroxylation sites is 1. The molecule has 2 rings (SSSR count). The van der Waals surface area contributed by atoms with Gasteiger partial charge in [0.05, 0.1) is 0 Å². The lowest BCUT2D eigenvalue weighted by molar-refractivity contribution is 0.0947. The predicted octanol–water partition coefficient (Wildman–Crippen LogP) is 2.36. The number of carbonyl (C=O) groups excluding carboxylic acids is 1. The minimum Gasteiger partial charge on any atom is -0.351 e. The van der Waals surface area contributed by atoms with Crippen LogP contribution in [0.4, 0.5) is 11.5 Å². The Hall–Kier alpha value is -2.43. The highest BCUT2D eigenvalue weighted by atomic mass is 16.1. The molecule has 1 amide bonds. The Morgan fingerprint density at radius 3 is 2.53 bits per heavy atom. The lowest BCUT2D eigenvalue weighted by Crippen LogP contribution is -2.25. The molecule has 0 atom stereocenters. The SMILES string of the molecule is CCCNC(=O)c1ccc(Nc2ccccc2)nn1. The molecule has 0 aliphatic heterocycles. The third-order valence-electron chi connectivity index (χ3n) is 2.48. The van der Waals surface area contributed by atoms with Crippen LogP contribution in [0.5, 0.6) is 0 Å². The van der Waals surface area contributed by atoms with Crippen molar-refractivity contribution >= 4 is 17.4 Å². The molecule has 0 saturated heterocycles. The molecule has 5 nitrogen and oxygen atoms in total. The van der Waals surface area contributed by atoms with Gasteiger partial charge in [-0.25, -0.2) is 0 Å². The van der Waals surface area contributed by atoms with Gasteiger partial charge in [-0.15, -0.1) is 10.2 Å². The molecule has 2 N–H and O–H groups in total. The van der Waals surface area contributed by atoms with Gasteiger partial charge in [-0.1, -0.05) is 25.1 Å². The van der Waals surface area contributed by atoms with Crippen LogP contribution in [0.2, 0.25) is 0 Å². The van der Waals surface area contributed by atoms with Crippen molar-refractivity contribution in [3.8, 4) is 0 Å². The molecule has 0 saturated carbocycles. The van der Waals surface area contributed by atoms with Crippen LogP contribution in [0.25, 0.3) is 0 Å². The lowest BCUT2D eigenvalue weighted by atomic mass is 10.3. The quantitative estimate of drug-likeness (QED) is 0.861. The van der Waals surface area contributed by atoms with Gasteiger partial charge in [0, 0.05) is 12.2 Å². The first-order chi connectivity index (χ1) is 9.29. The largest absolute Gasteiger partial charge is 0.351 e. The van der Waals surface area contributed by atoms with Gasteiger partial charge in [0.2, 0.25) is 0 Å². The van der Waals surface area contributed by atoms with Crippen LogP contribution in [0, 0.1) is 0 Å². The van der Waals surface area contributed by atoms with E-state index in [2.05, 4.69) is 20.8 Å². The average molecular weight is 256 g/mol. The number of anilines is 2. The first-order valence-electron chi connectivity index (χ1n) is 6.23. The van der Waals surface area contributed by atoms with Crippen molar-refractivity contribution in [2.45, 2.75) is 13.3 Å². The predicted molar refractivity (Wildman–Crippen MR) is 74.4 cm³/mol. The van der Waals surface area contributed by atoms with Crippen molar-refractivity contribution in [2.24, 2.45) is 0 Å². The van der Waals surface area contributed by atoms with Crippen LogP contribution < -0.4 is 10.6 Å². The number of aromatic nitrogens is 2. The summed E-state index contributed by atoms with van der Waals surface area (Å²) < 4.78 is 0. The summed E-state index contributed by atoms with van der Waals surface area (Å²) in [6, 6.07) is 13.1. The van der Waals surface area contributed by atoms with Crippen LogP contribution in [-0.2, 0) is 0 Å². The highest BCUT2D eigenvalue weighted by molar-refractivity contribution is 5.92. The lowest BCUT2D eigenvalue weighted by Gasteiger charge is -2.05. The third-order valence-corrected chi connectivity index (χ3v) is 2.48. The molecular formula is C14H16N4O. The summed E-state index contributed by atoms with van der Waals surface area (Å²) in [6.07, 6.45) is 0.896. The molecule has 0 aliphatic carbocycles. The Kier molecular flexibility index (Phi) is 4.44. The molecule has 0 fully saturated rings. The van der Waals surface area contributed by atoms with E-state index in [-0.39, 0.29) is 5.91 Å². The van der Waals surface area contributed by atoms with Crippen LogP contribution >= 0.6 is 0 Å². The maximum absolute atomic E-state index is 11.6. The summed E-state index contributed by atoms with van der Waals surface area (Å²) in [5.41, 5.74) is 1.26. The number of amides is 1. The van der Waals surface area contributed by atoms with Crippen LogP contribution in [0.3, 0.4) is 0 Å². The topological polar surface area (TPSA) is 66.9 Å². The van der Waals surface area contributed by atoms with E-state index >= 15 is 0 Å². The van der Waals surface area contributed by atoms with E-state index in [1.807, 2.05) is 37.3 Å². The summed E-state index contributed by atoms with van der Waals surface area (Å²) in [4.78, 5) is 11.6. The summed E-state index contributed by atoms with van der Waals surface area (Å²) in [5, 5.41) is 13.7. The fraction of sp³-hybridized carbons (Fsp3) is 0.214. The molecule has 1 aromatic carbocycles. The van der Waals surface area contributed by atoms with Gasteiger partial charge in [0.15, 0.2) is 11.5 Å². The zero-order valence-electron chi connectivity index (χ0n) is 10.8. The van der Waals surface area contributed by atoms with E-state index in [0.29, 0.717) is 18.1 Å². The van der Waals surface area contributed by atoms with Crippen LogP contribution in [0.1, 0.15) is 23.8 Å². The number of benzene rings is 1. The molecule has 0 unspecified atom stereocenters. The van der Waals surface area contributed by atoms with Gasteiger partial charge < -0.3 is 10.6 Å². The first kappa shape index (κ1) is 13.0. The van der Waals surface area contributed by atoms with E-state index in [4.69, 9.17) is 0 Å². The Morgan fingerprint density at radius 1 is 1.11 bits per heavy atom. The molecular weight excluding hydrogens is 240 g/mol. The second-order valence-corrected chi connectivity index (χ2v) is 4.05. The fourth-order valence-corrected chi connectivity index (χ4v) is 1.52. The molecule has 0 radical (unpaired) electrons. The van der Waals surface area contributed by atoms with Gasteiger partial charge in [-0.05, 0) is 30.7 Å². The van der Waals surface area contributed by atoms with E-state index in [1.54, 1.807) is 12.1 Å². The highest BCUT2D eigenvalue weighted by Crippen LogP contribution is 2.12. The molecule has 0 bridgehead atoms. The van der Waals surface area contributed by atoms with Gasteiger partial charge in [-0.3, -0.25) is 4.79 Å². The second kappa shape index (κ2) is 6.49. The van der Waals surface area contributed by atoms with Gasteiger partial charge in [0.1, 0.15) is 0 Å². The number of rotatable bonds is 5. The number of hydrogen-bond donors (Lipinski definition) is 2. The van der Waals surface area contributed by atoms with Crippen molar-refractivity contribution in [3.63, 3.8) is 0 Å². The molecule has 1 heterocycles. The monoisotopic (exact) mass is 256 g/mol. The zero-order valence-corrected chi connectivity index (χ0v) is 10.8. The zero-order chi connectivity index (χ0) is 13.5. The van der Waals surface area contributed by atoms with Crippen molar-refractivity contribution in [1.29, 1.82) is 0 Å². The van der Waals surface area contributed by atoms with E-state index in [9.17, 15) is 4.79 Å². The van der Waals surface area contributed by atoms with Crippen LogP contribution in [-0.4, -0.2) is 22.6 Å². The number of hydrogen-bond acceptors (Lipinski definition) is 4. The average Bonchev–Trinajstić information content (AvgIpc) is 2.46. The fourth-order valence-electron chi connectivity index (χ4n) is 1.52. The van der Waals surface area contributed by atoms with Gasteiger partial charge in [0.25, 0.3) is 5.91 Å². The molecule has 2 aromatic rings. The molecule has 1 aromatic heterocycles. The normalized spacial score (nSPS) is 9.95. The Morgan fingerprint density at radius 2 is 1.89 bits per heavy atom. The smallest absolute Gasteiger partial charge is 0.271 e. The van der Waals surface area contributed by atoms with Gasteiger partial charge in [-0.2, -0.15) is 0 Å². The van der Waals surface area contributed by atoms with E-state index in [1.165, 1.54) is 0 Å². The Bertz CT molecular complexity index is 525. The molecule has 19 heavy (non-hydrogen) atoms. The number of carbonyl (C=O) groups is 1. The van der Waals surface area contributed by atoms with Crippen molar-refractivity contribution in [2.75, 3.05) is 11.9 Å². The summed E-state index contributed by atoms with van der Waals surface area (Å²) in [6.45, 7) is 2.64. The second-order valence-electron chi connectivity index (χ2n) is 4.05. The summed E-state index contributed by atoms with van der Waals surface area (Å²) >= 11 is 0.